The Kier molecular flexibility index (Phi) is 9.16. The second kappa shape index (κ2) is 12.0. The summed E-state index contributed by atoms with van der Waals surface area (Å²) in [6.07, 6.45) is 1.99. The van der Waals surface area contributed by atoms with Crippen molar-refractivity contribution in [1.82, 2.24) is 10.2 Å². The summed E-state index contributed by atoms with van der Waals surface area (Å²) in [5.74, 6) is -1.54. The van der Waals surface area contributed by atoms with Crippen LogP contribution in [0.2, 0.25) is 0 Å². The maximum absolute atomic E-state index is 14.2. The molecule has 0 unspecified atom stereocenters. The van der Waals surface area contributed by atoms with E-state index in [1.165, 1.54) is 59.6 Å². The molecule has 1 amide bonds. The first-order chi connectivity index (χ1) is 17.8. The van der Waals surface area contributed by atoms with E-state index < -0.39 is 30.6 Å². The molecular weight excluding hydrogens is 592 g/mol. The normalized spacial score (nSPS) is 12.2. The minimum atomic E-state index is -5.78. The predicted octanol–water partition coefficient (Wildman–Crippen LogP) is 5.26. The van der Waals surface area contributed by atoms with Crippen LogP contribution in [0.25, 0.3) is 5.70 Å². The molecule has 0 atom stereocenters. The van der Waals surface area contributed by atoms with Crippen LogP contribution in [0.15, 0.2) is 77.4 Å². The van der Waals surface area contributed by atoms with E-state index >= 15 is 0 Å². The Morgan fingerprint density at radius 3 is 2.11 bits per heavy atom. The van der Waals surface area contributed by atoms with Gasteiger partial charge in [-0.2, -0.15) is 8.78 Å². The molecule has 0 saturated carbocycles. The Balaban J connectivity index is 1.92. The average molecular weight is 613 g/mol. The SMILES string of the molecule is O=CN(Cc1ccc(C(F)(F)P(=O)(O)O)c(Br)c1)/C(=C\NCc1ccc(F)cc1)c1ccc(C(=O)O)cc1. The molecule has 3 rings (SSSR count). The number of carboxylic acids is 1. The summed E-state index contributed by atoms with van der Waals surface area (Å²) in [5, 5.41) is 12.2. The number of carbonyl (C=O) groups is 2. The first-order valence-electron chi connectivity index (χ1n) is 10.8. The van der Waals surface area contributed by atoms with Crippen molar-refractivity contribution in [2.45, 2.75) is 18.8 Å². The fourth-order valence-corrected chi connectivity index (χ4v) is 4.75. The minimum Gasteiger partial charge on any atom is -0.478 e. The van der Waals surface area contributed by atoms with Gasteiger partial charge in [-0.1, -0.05) is 52.3 Å². The van der Waals surface area contributed by atoms with Crippen molar-refractivity contribution in [1.29, 1.82) is 0 Å². The van der Waals surface area contributed by atoms with Crippen molar-refractivity contribution in [3.05, 3.63) is 111 Å². The van der Waals surface area contributed by atoms with Crippen LogP contribution in [0.3, 0.4) is 0 Å². The van der Waals surface area contributed by atoms with Crippen LogP contribution < -0.4 is 5.32 Å². The zero-order valence-electron chi connectivity index (χ0n) is 19.4. The standard InChI is InChI=1S/C25H21BrF3N2O6P/c26-22-11-17(3-10-21(22)25(28,29)38(35,36)37)14-31(15-32)23(18-4-6-19(7-5-18)24(33)34)13-30-12-16-1-8-20(27)9-2-16/h1-11,13,15,30H,12,14H2,(H,33,34)(H2,35,36,37)/b23-13-. The zero-order valence-corrected chi connectivity index (χ0v) is 21.9. The largest absolute Gasteiger partial charge is 0.478 e. The zero-order chi connectivity index (χ0) is 28.1. The predicted molar refractivity (Wildman–Crippen MR) is 136 cm³/mol. The van der Waals surface area contributed by atoms with Gasteiger partial charge in [-0.15, -0.1) is 0 Å². The number of alkyl halides is 2. The summed E-state index contributed by atoms with van der Waals surface area (Å²) in [7, 11) is -5.78. The van der Waals surface area contributed by atoms with Crippen LogP contribution in [-0.4, -0.2) is 32.2 Å². The topological polar surface area (TPSA) is 127 Å². The van der Waals surface area contributed by atoms with E-state index in [2.05, 4.69) is 21.2 Å². The van der Waals surface area contributed by atoms with E-state index in [0.717, 1.165) is 11.6 Å². The molecule has 0 radical (unpaired) electrons. The van der Waals surface area contributed by atoms with Gasteiger partial charge in [-0.3, -0.25) is 9.36 Å². The van der Waals surface area contributed by atoms with Gasteiger partial charge in [0, 0.05) is 22.8 Å². The first kappa shape index (κ1) is 29.1. The lowest BCUT2D eigenvalue weighted by atomic mass is 10.1. The average Bonchev–Trinajstić information content (AvgIpc) is 2.86. The quantitative estimate of drug-likeness (QED) is 0.172. The fraction of sp³-hybridized carbons (Fsp3) is 0.120. The maximum atomic E-state index is 14.2. The molecule has 0 aliphatic carbocycles. The molecule has 3 aromatic carbocycles. The van der Waals surface area contributed by atoms with Gasteiger partial charge in [-0.25, -0.2) is 9.18 Å². The van der Waals surface area contributed by atoms with Gasteiger partial charge in [0.1, 0.15) is 5.82 Å². The third kappa shape index (κ3) is 6.90. The van der Waals surface area contributed by atoms with Gasteiger partial charge in [0.2, 0.25) is 6.41 Å². The molecular formula is C25H21BrF3N2O6P. The molecule has 0 aliphatic rings. The molecule has 13 heteroatoms. The summed E-state index contributed by atoms with van der Waals surface area (Å²) in [4.78, 5) is 42.6. The van der Waals surface area contributed by atoms with E-state index in [-0.39, 0.29) is 23.1 Å². The smallest absolute Gasteiger partial charge is 0.399 e. The molecule has 0 heterocycles. The minimum absolute atomic E-state index is 0.0236. The Bertz CT molecular complexity index is 1400. The number of carbonyl (C=O) groups excluding carboxylic acids is 1. The van der Waals surface area contributed by atoms with Crippen molar-refractivity contribution < 1.29 is 42.2 Å². The number of rotatable bonds is 11. The number of hydrogen-bond donors (Lipinski definition) is 4. The summed E-state index contributed by atoms with van der Waals surface area (Å²) in [6.45, 7) is 0.135. The monoisotopic (exact) mass is 612 g/mol. The van der Waals surface area contributed by atoms with Crippen molar-refractivity contribution >= 4 is 41.6 Å². The molecule has 0 spiro atoms. The van der Waals surface area contributed by atoms with Gasteiger partial charge in [0.15, 0.2) is 0 Å². The molecule has 38 heavy (non-hydrogen) atoms. The highest BCUT2D eigenvalue weighted by Gasteiger charge is 2.51. The van der Waals surface area contributed by atoms with E-state index in [1.54, 1.807) is 12.1 Å². The molecule has 8 nitrogen and oxygen atoms in total. The van der Waals surface area contributed by atoms with E-state index in [9.17, 15) is 32.4 Å². The fourth-order valence-electron chi connectivity index (χ4n) is 3.42. The highest BCUT2D eigenvalue weighted by Crippen LogP contribution is 2.60. The van der Waals surface area contributed by atoms with Crippen LogP contribution in [0.5, 0.6) is 0 Å². The van der Waals surface area contributed by atoms with Gasteiger partial charge in [-0.05, 0) is 47.0 Å². The van der Waals surface area contributed by atoms with Crippen molar-refractivity contribution in [2.24, 2.45) is 0 Å². The third-order valence-electron chi connectivity index (χ3n) is 5.40. The molecule has 4 N–H and O–H groups in total. The Labute approximate surface area is 223 Å². The van der Waals surface area contributed by atoms with Gasteiger partial charge < -0.3 is 25.1 Å². The molecule has 0 bridgehead atoms. The molecule has 0 saturated heterocycles. The molecule has 0 aliphatic heterocycles. The second-order valence-corrected chi connectivity index (χ2v) is 10.6. The highest BCUT2D eigenvalue weighted by molar-refractivity contribution is 9.10. The first-order valence-corrected chi connectivity index (χ1v) is 13.2. The van der Waals surface area contributed by atoms with E-state index in [0.29, 0.717) is 23.2 Å². The summed E-state index contributed by atoms with van der Waals surface area (Å²) in [6, 6.07) is 14.7. The molecule has 0 aromatic heterocycles. The van der Waals surface area contributed by atoms with Crippen LogP contribution in [0.4, 0.5) is 13.2 Å². The van der Waals surface area contributed by atoms with E-state index in [1.807, 2.05) is 0 Å². The molecule has 200 valence electrons. The van der Waals surface area contributed by atoms with Gasteiger partial charge >= 0.3 is 19.2 Å². The molecule has 0 fully saturated rings. The summed E-state index contributed by atoms with van der Waals surface area (Å²) < 4.78 is 52.5. The van der Waals surface area contributed by atoms with Crippen LogP contribution >= 0.6 is 23.5 Å². The van der Waals surface area contributed by atoms with Crippen LogP contribution in [-0.2, 0) is 28.1 Å². The third-order valence-corrected chi connectivity index (χ3v) is 7.03. The van der Waals surface area contributed by atoms with Crippen molar-refractivity contribution in [3.8, 4) is 0 Å². The van der Waals surface area contributed by atoms with Crippen LogP contribution in [0, 0.1) is 5.82 Å². The lowest BCUT2D eigenvalue weighted by Gasteiger charge is -2.23. The number of halogens is 4. The van der Waals surface area contributed by atoms with Gasteiger partial charge in [0.05, 0.1) is 17.8 Å². The Morgan fingerprint density at radius 2 is 1.58 bits per heavy atom. The number of benzene rings is 3. The Morgan fingerprint density at radius 1 is 1.00 bits per heavy atom. The van der Waals surface area contributed by atoms with E-state index in [4.69, 9.17) is 9.79 Å². The number of nitrogens with zero attached hydrogens (tertiary/aromatic N) is 1. The number of aromatic carboxylic acids is 1. The summed E-state index contributed by atoms with van der Waals surface area (Å²) >= 11 is 2.92. The maximum Gasteiger partial charge on any atom is 0.399 e. The van der Waals surface area contributed by atoms with Crippen molar-refractivity contribution in [3.63, 3.8) is 0 Å². The van der Waals surface area contributed by atoms with Crippen LogP contribution in [0.1, 0.15) is 32.6 Å². The summed E-state index contributed by atoms with van der Waals surface area (Å²) in [5.41, 5.74) is -3.45. The second-order valence-electron chi connectivity index (χ2n) is 8.05. The van der Waals surface area contributed by atoms with Gasteiger partial charge in [0.25, 0.3) is 0 Å². The number of nitrogens with one attached hydrogen (secondary N) is 1. The Hall–Kier alpha value is -3.44. The molecule has 3 aromatic rings. The number of amides is 1. The lowest BCUT2D eigenvalue weighted by molar-refractivity contribution is -0.115. The van der Waals surface area contributed by atoms with Crippen molar-refractivity contribution in [2.75, 3.05) is 0 Å². The highest BCUT2D eigenvalue weighted by atomic mass is 79.9. The lowest BCUT2D eigenvalue weighted by Crippen LogP contribution is -2.22. The number of hydrogen-bond acceptors (Lipinski definition) is 4. The number of carboxylic acid groups (broad SMARTS) is 1.